The second kappa shape index (κ2) is 12.9. The number of aromatic hydroxyl groups is 1. The summed E-state index contributed by atoms with van der Waals surface area (Å²) < 4.78 is 20.4. The lowest BCUT2D eigenvalue weighted by Crippen LogP contribution is -2.48. The Bertz CT molecular complexity index is 1580. The molecule has 4 amide bonds. The first kappa shape index (κ1) is 29.6. The number of ether oxygens (including phenoxy) is 1. The zero-order valence-corrected chi connectivity index (χ0v) is 23.8. The highest BCUT2D eigenvalue weighted by Gasteiger charge is 2.29. The van der Waals surface area contributed by atoms with Crippen LogP contribution in [0.2, 0.25) is 0 Å². The van der Waals surface area contributed by atoms with E-state index in [0.29, 0.717) is 30.8 Å². The van der Waals surface area contributed by atoms with Gasteiger partial charge in [0, 0.05) is 49.3 Å². The van der Waals surface area contributed by atoms with Crippen LogP contribution in [0.4, 0.5) is 10.1 Å². The number of carbonyl (C=O) groups excluding carboxylic acids is 4. The van der Waals surface area contributed by atoms with Gasteiger partial charge in [0.25, 0.3) is 11.8 Å². The van der Waals surface area contributed by atoms with Crippen LogP contribution < -0.4 is 20.3 Å². The predicted octanol–water partition coefficient (Wildman–Crippen LogP) is 2.94. The van der Waals surface area contributed by atoms with Crippen LogP contribution in [0.3, 0.4) is 0 Å². The summed E-state index contributed by atoms with van der Waals surface area (Å²) in [6.07, 6.45) is 0.994. The Hall–Kier alpha value is -4.93. The Labute approximate surface area is 248 Å². The topological polar surface area (TPSA) is 128 Å². The van der Waals surface area contributed by atoms with Crippen LogP contribution in [-0.2, 0) is 20.8 Å². The van der Waals surface area contributed by atoms with Crippen molar-refractivity contribution in [2.24, 2.45) is 0 Å². The Kier molecular flexibility index (Phi) is 8.89. The van der Waals surface area contributed by atoms with Crippen molar-refractivity contribution >= 4 is 29.3 Å². The van der Waals surface area contributed by atoms with Gasteiger partial charge in [0.1, 0.15) is 23.9 Å². The third-order valence-corrected chi connectivity index (χ3v) is 7.52. The van der Waals surface area contributed by atoms with Gasteiger partial charge in [-0.25, -0.2) is 4.39 Å². The number of nitrogens with one attached hydrogen (secondary N) is 2. The van der Waals surface area contributed by atoms with Gasteiger partial charge < -0.3 is 25.4 Å². The summed E-state index contributed by atoms with van der Waals surface area (Å²) in [6.45, 7) is 2.25. The molecule has 2 aliphatic rings. The summed E-state index contributed by atoms with van der Waals surface area (Å²) in [5, 5.41) is 16.1. The van der Waals surface area contributed by atoms with Crippen LogP contribution in [0, 0.1) is 12.7 Å². The number of carbonyl (C=O) groups is 4. The van der Waals surface area contributed by atoms with Crippen molar-refractivity contribution < 1.29 is 33.4 Å². The van der Waals surface area contributed by atoms with Gasteiger partial charge in [-0.2, -0.15) is 0 Å². The van der Waals surface area contributed by atoms with Crippen LogP contribution in [-0.4, -0.2) is 73.0 Å². The fourth-order valence-corrected chi connectivity index (χ4v) is 5.18. The summed E-state index contributed by atoms with van der Waals surface area (Å²) in [5.74, 6) is -1.57. The zero-order valence-electron chi connectivity index (χ0n) is 23.8. The number of phenolic OH excluding ortho intramolecular Hbond substituents is 1. The summed E-state index contributed by atoms with van der Waals surface area (Å²) in [5.41, 5.74) is 2.70. The second-order valence-electron chi connectivity index (χ2n) is 10.6. The Morgan fingerprint density at radius 3 is 2.63 bits per heavy atom. The van der Waals surface area contributed by atoms with Crippen molar-refractivity contribution in [3.8, 4) is 22.6 Å². The van der Waals surface area contributed by atoms with Crippen molar-refractivity contribution in [3.63, 3.8) is 0 Å². The number of fused-ring (bicyclic) bond motifs is 6. The standard InChI is InChI=1S/C32H33FN4O6/c1-20-4-9-28-26(15-20)37(31(41)19-43-28)18-30(40)36-13-2-3-29(39)34-11-10-21-5-8-27(38)24(16-21)23-17-22(6-7-25(23)33)32(42)35-12-14-36/h4-9,15-17,38H,2-3,10-14,18-19H2,1H3,(H,34,39)(H,35,42). The highest BCUT2D eigenvalue weighted by atomic mass is 19.1. The number of hydrogen-bond donors (Lipinski definition) is 3. The summed E-state index contributed by atoms with van der Waals surface area (Å²) in [6, 6.07) is 14.1. The molecule has 0 radical (unpaired) electrons. The van der Waals surface area contributed by atoms with Gasteiger partial charge in [-0.15, -0.1) is 0 Å². The zero-order chi connectivity index (χ0) is 30.5. The average molecular weight is 589 g/mol. The minimum absolute atomic E-state index is 0.0691. The van der Waals surface area contributed by atoms with E-state index in [9.17, 15) is 28.7 Å². The van der Waals surface area contributed by atoms with Gasteiger partial charge in [0.2, 0.25) is 11.8 Å². The molecule has 10 nitrogen and oxygen atoms in total. The molecule has 0 spiro atoms. The molecular formula is C32H33FN4O6. The normalized spacial score (nSPS) is 16.3. The predicted molar refractivity (Wildman–Crippen MR) is 157 cm³/mol. The van der Waals surface area contributed by atoms with E-state index in [0.717, 1.165) is 11.1 Å². The number of hydrogen-bond acceptors (Lipinski definition) is 6. The summed E-state index contributed by atoms with van der Waals surface area (Å²) >= 11 is 0. The molecule has 11 heteroatoms. The minimum Gasteiger partial charge on any atom is -0.507 e. The second-order valence-corrected chi connectivity index (χ2v) is 10.6. The maximum Gasteiger partial charge on any atom is 0.265 e. The van der Waals surface area contributed by atoms with Crippen LogP contribution in [0.5, 0.6) is 11.5 Å². The Morgan fingerprint density at radius 2 is 1.79 bits per heavy atom. The van der Waals surface area contributed by atoms with E-state index in [1.807, 2.05) is 13.0 Å². The largest absolute Gasteiger partial charge is 0.507 e. The molecule has 43 heavy (non-hydrogen) atoms. The van der Waals surface area contributed by atoms with E-state index in [1.165, 1.54) is 34.1 Å². The maximum atomic E-state index is 14.8. The summed E-state index contributed by atoms with van der Waals surface area (Å²) in [4.78, 5) is 54.7. The van der Waals surface area contributed by atoms with Crippen molar-refractivity contribution in [2.75, 3.05) is 44.2 Å². The first-order valence-corrected chi connectivity index (χ1v) is 14.2. The van der Waals surface area contributed by atoms with E-state index in [1.54, 1.807) is 24.3 Å². The lowest BCUT2D eigenvalue weighted by molar-refractivity contribution is -0.132. The molecule has 5 rings (SSSR count). The molecule has 3 aromatic rings. The molecule has 0 unspecified atom stereocenters. The lowest BCUT2D eigenvalue weighted by atomic mass is 9.98. The van der Waals surface area contributed by atoms with E-state index >= 15 is 0 Å². The van der Waals surface area contributed by atoms with Crippen molar-refractivity contribution in [3.05, 3.63) is 77.1 Å². The van der Waals surface area contributed by atoms with Gasteiger partial charge in [-0.3, -0.25) is 24.1 Å². The van der Waals surface area contributed by atoms with Crippen LogP contribution >= 0.6 is 0 Å². The number of anilines is 1. The Morgan fingerprint density at radius 1 is 0.953 bits per heavy atom. The van der Waals surface area contributed by atoms with Crippen molar-refractivity contribution in [1.29, 1.82) is 0 Å². The smallest absolute Gasteiger partial charge is 0.265 e. The number of benzene rings is 3. The van der Waals surface area contributed by atoms with Gasteiger partial charge in [0.05, 0.1) is 5.69 Å². The molecule has 3 N–H and O–H groups in total. The summed E-state index contributed by atoms with van der Waals surface area (Å²) in [7, 11) is 0. The fourth-order valence-electron chi connectivity index (χ4n) is 5.18. The molecule has 2 aliphatic heterocycles. The number of aryl methyl sites for hydroxylation is 1. The maximum absolute atomic E-state index is 14.8. The third kappa shape index (κ3) is 6.94. The molecular weight excluding hydrogens is 555 g/mol. The van der Waals surface area contributed by atoms with Crippen LogP contribution in [0.25, 0.3) is 11.1 Å². The first-order chi connectivity index (χ1) is 20.7. The third-order valence-electron chi connectivity index (χ3n) is 7.52. The van der Waals surface area contributed by atoms with E-state index < -0.39 is 11.7 Å². The minimum atomic E-state index is -0.599. The number of phenols is 1. The molecule has 0 saturated heterocycles. The highest BCUT2D eigenvalue weighted by Crippen LogP contribution is 2.34. The molecule has 4 bridgehead atoms. The SMILES string of the molecule is Cc1ccc2c(c1)N(CC(=O)N1CCCC(=O)NCCc3ccc(O)c(c3)-c3cc(ccc3F)C(=O)NCC1)C(=O)CO2. The number of nitrogens with zero attached hydrogens (tertiary/aromatic N) is 2. The van der Waals surface area contributed by atoms with Gasteiger partial charge >= 0.3 is 0 Å². The molecule has 0 aliphatic carbocycles. The molecule has 0 atom stereocenters. The average Bonchev–Trinajstić information content (AvgIpc) is 2.98. The molecule has 0 aromatic heterocycles. The molecule has 2 heterocycles. The van der Waals surface area contributed by atoms with Crippen LogP contribution in [0.1, 0.15) is 34.3 Å². The molecule has 0 fully saturated rings. The number of rotatable bonds is 2. The van der Waals surface area contributed by atoms with Gasteiger partial charge in [0.15, 0.2) is 6.61 Å². The van der Waals surface area contributed by atoms with Gasteiger partial charge in [-0.1, -0.05) is 12.1 Å². The lowest BCUT2D eigenvalue weighted by Gasteiger charge is -2.31. The van der Waals surface area contributed by atoms with E-state index in [4.69, 9.17) is 4.74 Å². The van der Waals surface area contributed by atoms with Gasteiger partial charge in [-0.05, 0) is 73.4 Å². The Balaban J connectivity index is 1.36. The van der Waals surface area contributed by atoms with Crippen LogP contribution in [0.15, 0.2) is 54.6 Å². The first-order valence-electron chi connectivity index (χ1n) is 14.2. The van der Waals surface area contributed by atoms with E-state index in [2.05, 4.69) is 10.6 Å². The monoisotopic (exact) mass is 588 g/mol. The molecule has 3 aromatic carbocycles. The fraction of sp³-hybridized carbons (Fsp3) is 0.312. The quantitative estimate of drug-likeness (QED) is 0.423. The number of halogens is 1. The highest BCUT2D eigenvalue weighted by molar-refractivity contribution is 6.02. The van der Waals surface area contributed by atoms with Crippen molar-refractivity contribution in [2.45, 2.75) is 26.2 Å². The number of amides is 4. The van der Waals surface area contributed by atoms with E-state index in [-0.39, 0.29) is 79.4 Å². The van der Waals surface area contributed by atoms with Crippen molar-refractivity contribution in [1.82, 2.24) is 15.5 Å². The molecule has 224 valence electrons. The molecule has 0 saturated carbocycles.